The second-order valence-electron chi connectivity index (χ2n) is 4.52. The van der Waals surface area contributed by atoms with E-state index < -0.39 is 6.29 Å². The molecule has 1 aliphatic heterocycles. The van der Waals surface area contributed by atoms with Gasteiger partial charge in [-0.15, -0.1) is 0 Å². The maximum absolute atomic E-state index is 9.34. The summed E-state index contributed by atoms with van der Waals surface area (Å²) in [6, 6.07) is 0. The second-order valence-corrected chi connectivity index (χ2v) is 4.52. The van der Waals surface area contributed by atoms with Crippen molar-refractivity contribution in [2.75, 3.05) is 6.61 Å². The highest BCUT2D eigenvalue weighted by Gasteiger charge is 2.52. The Bertz CT molecular complexity index is 236. The lowest BCUT2D eigenvalue weighted by Crippen LogP contribution is -2.26. The molecule has 0 aromatic rings. The highest BCUT2D eigenvalue weighted by atomic mass is 16.6. The topological polar surface area (TPSA) is 29.5 Å². The Labute approximate surface area is 72.2 Å². The summed E-state index contributed by atoms with van der Waals surface area (Å²) in [7, 11) is 0. The fraction of sp³-hybridized carbons (Fsp3) is 0.800. The fourth-order valence-corrected chi connectivity index (χ4v) is 3.18. The molecule has 0 amide bonds. The molecule has 1 N–H and O–H groups in total. The first-order chi connectivity index (χ1) is 5.78. The standard InChI is InChI=1S/C10H14O2/c11-9-5-10(6-12-9)4-7-1-2-8(10)3-7/h1-2,7-9,11H,3-6H2/t7-,8+,9?,10+/m0/s1. The summed E-state index contributed by atoms with van der Waals surface area (Å²) < 4.78 is 5.26. The van der Waals surface area contributed by atoms with Crippen LogP contribution < -0.4 is 0 Å². The summed E-state index contributed by atoms with van der Waals surface area (Å²) in [5.41, 5.74) is 0.318. The van der Waals surface area contributed by atoms with Crippen molar-refractivity contribution in [2.24, 2.45) is 17.3 Å². The number of rotatable bonds is 0. The summed E-state index contributed by atoms with van der Waals surface area (Å²) >= 11 is 0. The van der Waals surface area contributed by atoms with Gasteiger partial charge in [0.05, 0.1) is 6.61 Å². The number of hydrogen-bond acceptors (Lipinski definition) is 2. The third-order valence-corrected chi connectivity index (χ3v) is 3.77. The molecule has 2 bridgehead atoms. The molecule has 1 heterocycles. The van der Waals surface area contributed by atoms with Gasteiger partial charge in [0.25, 0.3) is 0 Å². The smallest absolute Gasteiger partial charge is 0.155 e. The quantitative estimate of drug-likeness (QED) is 0.550. The van der Waals surface area contributed by atoms with Gasteiger partial charge in [0.1, 0.15) is 0 Å². The van der Waals surface area contributed by atoms with Gasteiger partial charge in [0.15, 0.2) is 6.29 Å². The lowest BCUT2D eigenvalue weighted by Gasteiger charge is -2.28. The number of fused-ring (bicyclic) bond motifs is 3. The van der Waals surface area contributed by atoms with Crippen molar-refractivity contribution in [2.45, 2.75) is 25.6 Å². The van der Waals surface area contributed by atoms with E-state index in [4.69, 9.17) is 4.74 Å². The molecular formula is C10H14O2. The van der Waals surface area contributed by atoms with Crippen molar-refractivity contribution >= 4 is 0 Å². The molecular weight excluding hydrogens is 152 g/mol. The fourth-order valence-electron chi connectivity index (χ4n) is 3.18. The van der Waals surface area contributed by atoms with E-state index in [9.17, 15) is 5.11 Å². The van der Waals surface area contributed by atoms with Crippen LogP contribution in [0.25, 0.3) is 0 Å². The van der Waals surface area contributed by atoms with Crippen molar-refractivity contribution in [3.05, 3.63) is 12.2 Å². The second kappa shape index (κ2) is 2.12. The molecule has 2 heteroatoms. The van der Waals surface area contributed by atoms with E-state index in [1.54, 1.807) is 0 Å². The zero-order valence-corrected chi connectivity index (χ0v) is 7.07. The molecule has 12 heavy (non-hydrogen) atoms. The van der Waals surface area contributed by atoms with Crippen LogP contribution in [0.5, 0.6) is 0 Å². The third kappa shape index (κ3) is 0.771. The van der Waals surface area contributed by atoms with Crippen molar-refractivity contribution < 1.29 is 9.84 Å². The van der Waals surface area contributed by atoms with E-state index in [-0.39, 0.29) is 0 Å². The maximum Gasteiger partial charge on any atom is 0.155 e. The molecule has 4 atom stereocenters. The van der Waals surface area contributed by atoms with Crippen LogP contribution in [0.2, 0.25) is 0 Å². The highest BCUT2D eigenvalue weighted by Crippen LogP contribution is 2.56. The van der Waals surface area contributed by atoms with Crippen LogP contribution in [-0.4, -0.2) is 18.0 Å². The van der Waals surface area contributed by atoms with Gasteiger partial charge >= 0.3 is 0 Å². The first kappa shape index (κ1) is 7.10. The number of aliphatic hydroxyl groups is 1. The first-order valence-electron chi connectivity index (χ1n) is 4.76. The van der Waals surface area contributed by atoms with Crippen LogP contribution in [0.15, 0.2) is 12.2 Å². The van der Waals surface area contributed by atoms with Gasteiger partial charge in [-0.2, -0.15) is 0 Å². The van der Waals surface area contributed by atoms with Crippen molar-refractivity contribution in [3.63, 3.8) is 0 Å². The van der Waals surface area contributed by atoms with E-state index in [1.165, 1.54) is 12.8 Å². The molecule has 3 aliphatic rings. The molecule has 0 aromatic heterocycles. The minimum absolute atomic E-state index is 0.318. The number of allylic oxidation sites excluding steroid dienone is 2. The van der Waals surface area contributed by atoms with Gasteiger partial charge in [-0.3, -0.25) is 0 Å². The largest absolute Gasteiger partial charge is 0.368 e. The maximum atomic E-state index is 9.34. The van der Waals surface area contributed by atoms with E-state index >= 15 is 0 Å². The minimum atomic E-state index is -0.488. The van der Waals surface area contributed by atoms with Gasteiger partial charge in [-0.25, -0.2) is 0 Å². The monoisotopic (exact) mass is 166 g/mol. The van der Waals surface area contributed by atoms with Crippen LogP contribution in [0, 0.1) is 17.3 Å². The summed E-state index contributed by atoms with van der Waals surface area (Å²) in [5.74, 6) is 1.48. The Morgan fingerprint density at radius 1 is 1.33 bits per heavy atom. The Morgan fingerprint density at radius 2 is 2.25 bits per heavy atom. The van der Waals surface area contributed by atoms with Crippen molar-refractivity contribution in [3.8, 4) is 0 Å². The Kier molecular flexibility index (Phi) is 1.25. The molecule has 0 aromatic carbocycles. The Morgan fingerprint density at radius 3 is 2.75 bits per heavy atom. The molecule has 3 rings (SSSR count). The zero-order chi connectivity index (χ0) is 8.18. The molecule has 1 saturated heterocycles. The molecule has 66 valence electrons. The number of aliphatic hydroxyl groups excluding tert-OH is 1. The Balaban J connectivity index is 1.89. The molecule has 1 spiro atoms. The molecule has 1 saturated carbocycles. The normalized spacial score (nSPS) is 55.9. The Hall–Kier alpha value is -0.340. The molecule has 2 aliphatic carbocycles. The first-order valence-corrected chi connectivity index (χ1v) is 4.76. The number of hydrogen-bond donors (Lipinski definition) is 1. The van der Waals surface area contributed by atoms with Crippen molar-refractivity contribution in [1.29, 1.82) is 0 Å². The molecule has 2 nitrogen and oxygen atoms in total. The average molecular weight is 166 g/mol. The molecule has 0 radical (unpaired) electrons. The van der Waals surface area contributed by atoms with Crippen LogP contribution >= 0.6 is 0 Å². The number of ether oxygens (including phenoxy) is 1. The van der Waals surface area contributed by atoms with Crippen LogP contribution in [0.4, 0.5) is 0 Å². The SMILES string of the molecule is OC1C[C@@]2(CO1)C[C@H]1C=C[C@@H]2C1. The van der Waals surface area contributed by atoms with E-state index in [1.807, 2.05) is 0 Å². The predicted molar refractivity (Wildman–Crippen MR) is 44.4 cm³/mol. The summed E-state index contributed by atoms with van der Waals surface area (Å²) in [4.78, 5) is 0. The summed E-state index contributed by atoms with van der Waals surface area (Å²) in [6.45, 7) is 0.777. The van der Waals surface area contributed by atoms with E-state index in [0.29, 0.717) is 11.3 Å². The van der Waals surface area contributed by atoms with Crippen LogP contribution in [-0.2, 0) is 4.74 Å². The highest BCUT2D eigenvalue weighted by molar-refractivity contribution is 5.16. The lowest BCUT2D eigenvalue weighted by atomic mass is 9.75. The third-order valence-electron chi connectivity index (χ3n) is 3.77. The van der Waals surface area contributed by atoms with Gasteiger partial charge < -0.3 is 9.84 Å². The lowest BCUT2D eigenvalue weighted by molar-refractivity contribution is -0.0597. The van der Waals surface area contributed by atoms with Gasteiger partial charge in [0.2, 0.25) is 0 Å². The van der Waals surface area contributed by atoms with E-state index in [0.717, 1.165) is 18.9 Å². The molecule has 1 unspecified atom stereocenters. The van der Waals surface area contributed by atoms with Crippen LogP contribution in [0.3, 0.4) is 0 Å². The zero-order valence-electron chi connectivity index (χ0n) is 7.07. The average Bonchev–Trinajstić information content (AvgIpc) is 2.67. The predicted octanol–water partition coefficient (Wildman–Crippen LogP) is 1.31. The summed E-state index contributed by atoms with van der Waals surface area (Å²) in [5, 5.41) is 9.34. The van der Waals surface area contributed by atoms with Crippen molar-refractivity contribution in [1.82, 2.24) is 0 Å². The van der Waals surface area contributed by atoms with Gasteiger partial charge in [-0.1, -0.05) is 12.2 Å². The van der Waals surface area contributed by atoms with Crippen LogP contribution in [0.1, 0.15) is 19.3 Å². The minimum Gasteiger partial charge on any atom is -0.368 e. The summed E-state index contributed by atoms with van der Waals surface area (Å²) in [6.07, 6.45) is 7.58. The van der Waals surface area contributed by atoms with Gasteiger partial charge in [0, 0.05) is 11.8 Å². The molecule has 2 fully saturated rings. The van der Waals surface area contributed by atoms with Gasteiger partial charge in [-0.05, 0) is 24.7 Å². The van der Waals surface area contributed by atoms with E-state index in [2.05, 4.69) is 12.2 Å².